The van der Waals surface area contributed by atoms with Gasteiger partial charge < -0.3 is 10.4 Å². The molecule has 2 aromatic rings. The standard InChI is InChI=1S/C15H14Br2FNO/c1-9-5-13(18)12(17)7-14(9)19-8-15(20)10-3-2-4-11(16)6-10/h2-7,15,19-20H,8H2,1H3. The molecule has 0 aromatic heterocycles. The molecule has 0 radical (unpaired) electrons. The second kappa shape index (κ2) is 6.70. The molecule has 2 rings (SSSR count). The van der Waals surface area contributed by atoms with Crippen molar-refractivity contribution in [2.45, 2.75) is 13.0 Å². The van der Waals surface area contributed by atoms with Gasteiger partial charge in [0.25, 0.3) is 0 Å². The van der Waals surface area contributed by atoms with Crippen LogP contribution >= 0.6 is 31.9 Å². The molecule has 20 heavy (non-hydrogen) atoms. The third kappa shape index (κ3) is 3.81. The molecule has 0 bridgehead atoms. The molecule has 2 nitrogen and oxygen atoms in total. The summed E-state index contributed by atoms with van der Waals surface area (Å²) in [4.78, 5) is 0. The predicted octanol–water partition coefficient (Wildman–Crippen LogP) is 4.80. The lowest BCUT2D eigenvalue weighted by molar-refractivity contribution is 0.191. The van der Waals surface area contributed by atoms with Crippen LogP contribution in [0, 0.1) is 12.7 Å². The van der Waals surface area contributed by atoms with Crippen LogP contribution in [0.25, 0.3) is 0 Å². The van der Waals surface area contributed by atoms with Gasteiger partial charge in [-0.25, -0.2) is 4.39 Å². The van der Waals surface area contributed by atoms with Crippen molar-refractivity contribution >= 4 is 37.5 Å². The van der Waals surface area contributed by atoms with E-state index < -0.39 is 6.10 Å². The average Bonchev–Trinajstić information content (AvgIpc) is 2.41. The van der Waals surface area contributed by atoms with Crippen LogP contribution in [0.2, 0.25) is 0 Å². The van der Waals surface area contributed by atoms with Crippen molar-refractivity contribution in [2.75, 3.05) is 11.9 Å². The van der Waals surface area contributed by atoms with Gasteiger partial charge in [-0.2, -0.15) is 0 Å². The lowest BCUT2D eigenvalue weighted by Gasteiger charge is -2.15. The molecule has 5 heteroatoms. The van der Waals surface area contributed by atoms with Gasteiger partial charge in [0, 0.05) is 16.7 Å². The van der Waals surface area contributed by atoms with Crippen LogP contribution in [0.4, 0.5) is 10.1 Å². The summed E-state index contributed by atoms with van der Waals surface area (Å²) in [6, 6.07) is 10.7. The topological polar surface area (TPSA) is 32.3 Å². The Hall–Kier alpha value is -0.910. The zero-order valence-electron chi connectivity index (χ0n) is 10.8. The van der Waals surface area contributed by atoms with E-state index in [0.29, 0.717) is 11.0 Å². The second-order valence-electron chi connectivity index (χ2n) is 4.53. The lowest BCUT2D eigenvalue weighted by atomic mass is 10.1. The van der Waals surface area contributed by atoms with Crippen molar-refractivity contribution in [1.29, 1.82) is 0 Å². The number of benzene rings is 2. The molecule has 0 heterocycles. The maximum absolute atomic E-state index is 13.3. The molecular formula is C15H14Br2FNO. The summed E-state index contributed by atoms with van der Waals surface area (Å²) in [6.45, 7) is 2.18. The Morgan fingerprint density at radius 2 is 2.00 bits per heavy atom. The molecule has 106 valence electrons. The van der Waals surface area contributed by atoms with E-state index in [1.165, 1.54) is 6.07 Å². The van der Waals surface area contributed by atoms with E-state index in [1.807, 2.05) is 31.2 Å². The van der Waals surface area contributed by atoms with Crippen LogP contribution in [0.1, 0.15) is 17.2 Å². The van der Waals surface area contributed by atoms with E-state index in [1.54, 1.807) is 6.07 Å². The Labute approximate surface area is 134 Å². The Balaban J connectivity index is 2.07. The Morgan fingerprint density at radius 3 is 2.70 bits per heavy atom. The Bertz CT molecular complexity index is 619. The number of halogens is 3. The summed E-state index contributed by atoms with van der Waals surface area (Å²) < 4.78 is 14.7. The van der Waals surface area contributed by atoms with Gasteiger partial charge in [-0.3, -0.25) is 0 Å². The molecule has 0 amide bonds. The minimum atomic E-state index is -0.629. The normalized spacial score (nSPS) is 12.2. The first-order valence-electron chi connectivity index (χ1n) is 6.10. The van der Waals surface area contributed by atoms with Crippen LogP contribution in [0.15, 0.2) is 45.3 Å². The number of nitrogens with one attached hydrogen (secondary N) is 1. The third-order valence-corrected chi connectivity index (χ3v) is 4.09. The first-order chi connectivity index (χ1) is 9.47. The first-order valence-corrected chi connectivity index (χ1v) is 7.69. The lowest BCUT2D eigenvalue weighted by Crippen LogP contribution is -2.13. The quantitative estimate of drug-likeness (QED) is 0.769. The first kappa shape index (κ1) is 15.5. The van der Waals surface area contributed by atoms with Gasteiger partial charge in [-0.1, -0.05) is 28.1 Å². The highest BCUT2D eigenvalue weighted by atomic mass is 79.9. The number of aliphatic hydroxyl groups excluding tert-OH is 1. The van der Waals surface area contributed by atoms with Crippen LogP contribution in [0.5, 0.6) is 0 Å². The minimum Gasteiger partial charge on any atom is -0.387 e. The van der Waals surface area contributed by atoms with Crippen LogP contribution in [-0.2, 0) is 0 Å². The number of aryl methyl sites for hydroxylation is 1. The molecule has 1 unspecified atom stereocenters. The van der Waals surface area contributed by atoms with Gasteiger partial charge >= 0.3 is 0 Å². The van der Waals surface area contributed by atoms with Crippen molar-refractivity contribution in [2.24, 2.45) is 0 Å². The van der Waals surface area contributed by atoms with E-state index in [9.17, 15) is 9.50 Å². The van der Waals surface area contributed by atoms with E-state index in [2.05, 4.69) is 37.2 Å². The highest BCUT2D eigenvalue weighted by molar-refractivity contribution is 9.10. The summed E-state index contributed by atoms with van der Waals surface area (Å²) in [5.74, 6) is -0.291. The van der Waals surface area contributed by atoms with Crippen LogP contribution < -0.4 is 5.32 Å². The number of rotatable bonds is 4. The van der Waals surface area contributed by atoms with E-state index in [4.69, 9.17) is 0 Å². The monoisotopic (exact) mass is 401 g/mol. The molecule has 1 atom stereocenters. The molecule has 0 fully saturated rings. The van der Waals surface area contributed by atoms with E-state index in [-0.39, 0.29) is 5.82 Å². The summed E-state index contributed by atoms with van der Waals surface area (Å²) in [5.41, 5.74) is 2.42. The van der Waals surface area contributed by atoms with Gasteiger partial charge in [-0.05, 0) is 58.2 Å². The van der Waals surface area contributed by atoms with Gasteiger partial charge in [0.1, 0.15) is 5.82 Å². The molecule has 0 aliphatic rings. The number of hydrogen-bond donors (Lipinski definition) is 2. The number of aliphatic hydroxyl groups is 1. The zero-order valence-corrected chi connectivity index (χ0v) is 14.0. The number of hydrogen-bond acceptors (Lipinski definition) is 2. The maximum atomic E-state index is 13.3. The molecule has 0 aliphatic carbocycles. The van der Waals surface area contributed by atoms with Crippen molar-refractivity contribution < 1.29 is 9.50 Å². The third-order valence-electron chi connectivity index (χ3n) is 2.99. The molecular weight excluding hydrogens is 389 g/mol. The fourth-order valence-corrected chi connectivity index (χ4v) is 2.64. The van der Waals surface area contributed by atoms with Gasteiger partial charge in [0.15, 0.2) is 0 Å². The fourth-order valence-electron chi connectivity index (χ4n) is 1.88. The molecule has 0 saturated heterocycles. The van der Waals surface area contributed by atoms with Crippen LogP contribution in [-0.4, -0.2) is 11.7 Å². The summed E-state index contributed by atoms with van der Waals surface area (Å²) in [6.07, 6.45) is -0.629. The van der Waals surface area contributed by atoms with Crippen LogP contribution in [0.3, 0.4) is 0 Å². The minimum absolute atomic E-state index is 0.291. The average molecular weight is 403 g/mol. The SMILES string of the molecule is Cc1cc(F)c(Br)cc1NCC(O)c1cccc(Br)c1. The predicted molar refractivity (Wildman–Crippen MR) is 86.4 cm³/mol. The van der Waals surface area contributed by atoms with Gasteiger partial charge in [-0.15, -0.1) is 0 Å². The van der Waals surface area contributed by atoms with Crippen molar-refractivity contribution in [1.82, 2.24) is 0 Å². The fraction of sp³-hybridized carbons (Fsp3) is 0.200. The molecule has 2 aromatic carbocycles. The molecule has 2 N–H and O–H groups in total. The highest BCUT2D eigenvalue weighted by Crippen LogP contribution is 2.25. The Kier molecular flexibility index (Phi) is 5.18. The van der Waals surface area contributed by atoms with Crippen molar-refractivity contribution in [3.63, 3.8) is 0 Å². The highest BCUT2D eigenvalue weighted by Gasteiger charge is 2.10. The van der Waals surface area contributed by atoms with E-state index >= 15 is 0 Å². The smallest absolute Gasteiger partial charge is 0.137 e. The molecule has 0 aliphatic heterocycles. The zero-order chi connectivity index (χ0) is 14.7. The van der Waals surface area contributed by atoms with Crippen molar-refractivity contribution in [3.8, 4) is 0 Å². The van der Waals surface area contributed by atoms with E-state index in [0.717, 1.165) is 21.3 Å². The second-order valence-corrected chi connectivity index (χ2v) is 6.30. The summed E-state index contributed by atoms with van der Waals surface area (Å²) >= 11 is 6.53. The van der Waals surface area contributed by atoms with Gasteiger partial charge in [0.2, 0.25) is 0 Å². The maximum Gasteiger partial charge on any atom is 0.137 e. The van der Waals surface area contributed by atoms with Gasteiger partial charge in [0.05, 0.1) is 10.6 Å². The largest absolute Gasteiger partial charge is 0.387 e. The number of anilines is 1. The molecule has 0 spiro atoms. The molecule has 0 saturated carbocycles. The van der Waals surface area contributed by atoms with Crippen molar-refractivity contribution in [3.05, 3.63) is 62.3 Å². The summed E-state index contributed by atoms with van der Waals surface area (Å²) in [7, 11) is 0. The summed E-state index contributed by atoms with van der Waals surface area (Å²) in [5, 5.41) is 13.3. The Morgan fingerprint density at radius 1 is 1.25 bits per heavy atom.